The van der Waals surface area contributed by atoms with Crippen molar-refractivity contribution in [3.63, 3.8) is 0 Å². The first-order chi connectivity index (χ1) is 16.5. The van der Waals surface area contributed by atoms with E-state index in [0.29, 0.717) is 22.2 Å². The van der Waals surface area contributed by atoms with Gasteiger partial charge in [0.1, 0.15) is 5.58 Å². The fourth-order valence-corrected chi connectivity index (χ4v) is 3.88. The molecule has 0 radical (unpaired) electrons. The highest BCUT2D eigenvalue weighted by atomic mass is 35.5. The van der Waals surface area contributed by atoms with Crippen molar-refractivity contribution in [3.05, 3.63) is 97.8 Å². The monoisotopic (exact) mass is 474 g/mol. The number of ether oxygens (including phenoxy) is 1. The number of benzene rings is 3. The fourth-order valence-electron chi connectivity index (χ4n) is 3.66. The maximum absolute atomic E-state index is 13.4. The summed E-state index contributed by atoms with van der Waals surface area (Å²) in [5, 5.41) is 17.1. The molecule has 2 aromatic heterocycles. The molecular weight excluding hydrogens is 460 g/mol. The first-order valence-corrected chi connectivity index (χ1v) is 10.4. The van der Waals surface area contributed by atoms with Gasteiger partial charge >= 0.3 is 5.69 Å². The van der Waals surface area contributed by atoms with E-state index >= 15 is 0 Å². The summed E-state index contributed by atoms with van der Waals surface area (Å²) in [6, 6.07) is 18.7. The SMILES string of the molecule is COc1c(C=Nn2c(-c3cc4ccccc4o3)nc3ccccc3c2=O)cc(Cl)cc1[N+](=O)[O-]. The average Bonchev–Trinajstić information content (AvgIpc) is 3.27. The van der Waals surface area contributed by atoms with Gasteiger partial charge in [-0.05, 0) is 30.3 Å². The van der Waals surface area contributed by atoms with Crippen LogP contribution >= 0.6 is 11.6 Å². The normalized spacial score (nSPS) is 11.5. The van der Waals surface area contributed by atoms with Gasteiger partial charge in [0.05, 0.1) is 29.2 Å². The number of para-hydroxylation sites is 2. The van der Waals surface area contributed by atoms with E-state index in [1.54, 1.807) is 30.3 Å². The minimum absolute atomic E-state index is 0.0368. The van der Waals surface area contributed by atoms with Crippen LogP contribution in [0, 0.1) is 10.1 Å². The molecule has 168 valence electrons. The Hall–Kier alpha value is -4.50. The Bertz CT molecular complexity index is 1640. The second-order valence-corrected chi connectivity index (χ2v) is 7.70. The van der Waals surface area contributed by atoms with Gasteiger partial charge in [0.25, 0.3) is 5.56 Å². The Morgan fingerprint density at radius 3 is 2.68 bits per heavy atom. The van der Waals surface area contributed by atoms with Gasteiger partial charge in [0, 0.05) is 22.0 Å². The summed E-state index contributed by atoms with van der Waals surface area (Å²) < 4.78 is 12.2. The van der Waals surface area contributed by atoms with Crippen LogP contribution in [0.4, 0.5) is 5.69 Å². The van der Waals surface area contributed by atoms with Crippen LogP contribution in [0.2, 0.25) is 5.02 Å². The molecule has 0 aliphatic rings. The molecule has 3 aromatic carbocycles. The second-order valence-electron chi connectivity index (χ2n) is 7.27. The van der Waals surface area contributed by atoms with Crippen LogP contribution in [0.3, 0.4) is 0 Å². The van der Waals surface area contributed by atoms with E-state index < -0.39 is 10.5 Å². The van der Waals surface area contributed by atoms with E-state index in [9.17, 15) is 14.9 Å². The van der Waals surface area contributed by atoms with Crippen molar-refractivity contribution in [2.45, 2.75) is 0 Å². The predicted molar refractivity (Wildman–Crippen MR) is 129 cm³/mol. The molecular formula is C24H15ClN4O5. The molecule has 34 heavy (non-hydrogen) atoms. The van der Waals surface area contributed by atoms with E-state index in [1.807, 2.05) is 24.3 Å². The van der Waals surface area contributed by atoms with Gasteiger partial charge in [-0.1, -0.05) is 41.9 Å². The Balaban J connectivity index is 1.75. The quantitative estimate of drug-likeness (QED) is 0.195. The van der Waals surface area contributed by atoms with E-state index in [1.165, 1.54) is 25.5 Å². The zero-order chi connectivity index (χ0) is 23.8. The lowest BCUT2D eigenvalue weighted by atomic mass is 10.2. The fraction of sp³-hybridized carbons (Fsp3) is 0.0417. The molecule has 9 nitrogen and oxygen atoms in total. The zero-order valence-corrected chi connectivity index (χ0v) is 18.4. The first-order valence-electron chi connectivity index (χ1n) is 10.0. The van der Waals surface area contributed by atoms with Crippen LogP contribution in [-0.4, -0.2) is 27.9 Å². The Kier molecular flexibility index (Phi) is 5.31. The lowest BCUT2D eigenvalue weighted by Crippen LogP contribution is -2.20. The van der Waals surface area contributed by atoms with Gasteiger partial charge in [-0.25, -0.2) is 4.98 Å². The average molecular weight is 475 g/mol. The Morgan fingerprint density at radius 2 is 1.91 bits per heavy atom. The summed E-state index contributed by atoms with van der Waals surface area (Å²) in [6.45, 7) is 0. The summed E-state index contributed by atoms with van der Waals surface area (Å²) in [7, 11) is 1.30. The molecule has 0 bridgehead atoms. The van der Waals surface area contributed by atoms with Gasteiger partial charge < -0.3 is 9.15 Å². The number of nitro groups is 1. The van der Waals surface area contributed by atoms with Crippen LogP contribution in [0.25, 0.3) is 33.5 Å². The third kappa shape index (κ3) is 3.67. The van der Waals surface area contributed by atoms with Crippen molar-refractivity contribution in [1.82, 2.24) is 9.66 Å². The van der Waals surface area contributed by atoms with Gasteiger partial charge in [0.2, 0.25) is 11.6 Å². The summed E-state index contributed by atoms with van der Waals surface area (Å²) in [4.78, 5) is 28.8. The molecule has 5 aromatic rings. The lowest BCUT2D eigenvalue weighted by molar-refractivity contribution is -0.385. The summed E-state index contributed by atoms with van der Waals surface area (Å²) >= 11 is 6.07. The molecule has 0 N–H and O–H groups in total. The van der Waals surface area contributed by atoms with Gasteiger partial charge in [-0.2, -0.15) is 9.78 Å². The number of nitro benzene ring substituents is 1. The van der Waals surface area contributed by atoms with E-state index in [2.05, 4.69) is 10.1 Å². The topological polar surface area (TPSA) is 113 Å². The highest BCUT2D eigenvalue weighted by Gasteiger charge is 2.20. The number of halogens is 1. The number of methoxy groups -OCH3 is 1. The Labute approximate surface area is 196 Å². The highest BCUT2D eigenvalue weighted by molar-refractivity contribution is 6.31. The zero-order valence-electron chi connectivity index (χ0n) is 17.6. The van der Waals surface area contributed by atoms with Crippen LogP contribution in [0.5, 0.6) is 5.75 Å². The van der Waals surface area contributed by atoms with Crippen molar-refractivity contribution in [1.29, 1.82) is 0 Å². The van der Waals surface area contributed by atoms with Crippen LogP contribution < -0.4 is 10.3 Å². The van der Waals surface area contributed by atoms with Crippen molar-refractivity contribution in [3.8, 4) is 17.3 Å². The second kappa shape index (κ2) is 8.45. The molecule has 0 aliphatic heterocycles. The third-order valence-electron chi connectivity index (χ3n) is 5.18. The molecule has 0 unspecified atom stereocenters. The summed E-state index contributed by atoms with van der Waals surface area (Å²) in [6.07, 6.45) is 1.27. The maximum atomic E-state index is 13.4. The number of nitrogens with zero attached hydrogens (tertiary/aromatic N) is 4. The number of aromatic nitrogens is 2. The number of hydrogen-bond acceptors (Lipinski definition) is 7. The molecule has 0 saturated carbocycles. The molecule has 0 atom stereocenters. The molecule has 10 heteroatoms. The van der Waals surface area contributed by atoms with E-state index in [0.717, 1.165) is 10.1 Å². The number of rotatable bonds is 5. The molecule has 2 heterocycles. The van der Waals surface area contributed by atoms with Crippen molar-refractivity contribution < 1.29 is 14.1 Å². The highest BCUT2D eigenvalue weighted by Crippen LogP contribution is 2.33. The van der Waals surface area contributed by atoms with E-state index in [-0.39, 0.29) is 27.8 Å². The van der Waals surface area contributed by atoms with Crippen molar-refractivity contribution in [2.75, 3.05) is 7.11 Å². The van der Waals surface area contributed by atoms with Gasteiger partial charge in [-0.3, -0.25) is 14.9 Å². The van der Waals surface area contributed by atoms with E-state index in [4.69, 9.17) is 20.8 Å². The van der Waals surface area contributed by atoms with Crippen molar-refractivity contribution in [2.24, 2.45) is 5.10 Å². The number of hydrogen-bond donors (Lipinski definition) is 0. The molecule has 5 rings (SSSR count). The minimum Gasteiger partial charge on any atom is -0.490 e. The predicted octanol–water partition coefficient (Wildman–Crippen LogP) is 5.26. The maximum Gasteiger partial charge on any atom is 0.313 e. The van der Waals surface area contributed by atoms with Crippen LogP contribution in [0.15, 0.2) is 81.0 Å². The lowest BCUT2D eigenvalue weighted by Gasteiger charge is -2.09. The molecule has 0 saturated heterocycles. The smallest absolute Gasteiger partial charge is 0.313 e. The third-order valence-corrected chi connectivity index (χ3v) is 5.39. The standard InChI is InChI=1S/C24H15ClN4O5/c1-33-22-15(10-16(25)12-19(22)29(31)32)13-26-28-23(21-11-14-6-2-5-9-20(14)34-21)27-18-8-4-3-7-17(18)24(28)30/h2-13H,1H3. The summed E-state index contributed by atoms with van der Waals surface area (Å²) in [5.41, 5.74) is 0.566. The largest absolute Gasteiger partial charge is 0.490 e. The van der Waals surface area contributed by atoms with Crippen LogP contribution in [0.1, 0.15) is 5.56 Å². The molecule has 0 amide bonds. The van der Waals surface area contributed by atoms with Crippen LogP contribution in [-0.2, 0) is 0 Å². The molecule has 0 aliphatic carbocycles. The molecule has 0 spiro atoms. The summed E-state index contributed by atoms with van der Waals surface area (Å²) in [5.74, 6) is 0.474. The Morgan fingerprint density at radius 1 is 1.15 bits per heavy atom. The minimum atomic E-state index is -0.606. The first kappa shape index (κ1) is 21.4. The van der Waals surface area contributed by atoms with Gasteiger partial charge in [-0.15, -0.1) is 0 Å². The van der Waals surface area contributed by atoms with Crippen molar-refractivity contribution >= 4 is 45.4 Å². The number of furan rings is 1. The molecule has 0 fully saturated rings. The van der Waals surface area contributed by atoms with Gasteiger partial charge in [0.15, 0.2) is 5.76 Å². The number of fused-ring (bicyclic) bond motifs is 2.